The van der Waals surface area contributed by atoms with Gasteiger partial charge in [0.05, 0.1) is 6.04 Å². The standard InChI is InChI=1S/C28H28ClN7O2/c1-4-22(37)36-17(3)6-5-16(2)24(36)27-34-23(25-26(30)32-13-14-35(25)27)18-7-9-19(10-8-18)28(38)33-21-15-20(29)11-12-31-21/h4,7-17,24H,1,5-6H2,2-3H3,(H2,30,32)(H,31,33,38)/t16-,17+,24+/m1/s1. The first-order valence-electron chi connectivity index (χ1n) is 12.4. The molecule has 5 rings (SSSR count). The fourth-order valence-corrected chi connectivity index (χ4v) is 5.29. The van der Waals surface area contributed by atoms with Crippen molar-refractivity contribution < 1.29 is 9.59 Å². The predicted octanol–water partition coefficient (Wildman–Crippen LogP) is 5.15. The molecule has 3 atom stereocenters. The van der Waals surface area contributed by atoms with Crippen LogP contribution in [-0.4, -0.2) is 42.1 Å². The van der Waals surface area contributed by atoms with E-state index < -0.39 is 0 Å². The van der Waals surface area contributed by atoms with Gasteiger partial charge in [0.2, 0.25) is 5.91 Å². The zero-order valence-corrected chi connectivity index (χ0v) is 21.9. The molecule has 1 aliphatic heterocycles. The number of carbonyl (C=O) groups is 2. The second-order valence-corrected chi connectivity index (χ2v) is 9.98. The highest BCUT2D eigenvalue weighted by Gasteiger charge is 2.39. The van der Waals surface area contributed by atoms with E-state index in [1.165, 1.54) is 12.3 Å². The van der Waals surface area contributed by atoms with E-state index in [1.807, 2.05) is 27.6 Å². The average molecular weight is 530 g/mol. The first-order valence-corrected chi connectivity index (χ1v) is 12.8. The van der Waals surface area contributed by atoms with E-state index in [1.54, 1.807) is 30.5 Å². The molecule has 10 heteroatoms. The number of amides is 2. The number of nitrogens with two attached hydrogens (primary N) is 1. The summed E-state index contributed by atoms with van der Waals surface area (Å²) < 4.78 is 1.92. The van der Waals surface area contributed by atoms with Gasteiger partial charge in [0, 0.05) is 40.8 Å². The molecule has 1 aromatic carbocycles. The van der Waals surface area contributed by atoms with Crippen LogP contribution in [0.3, 0.4) is 0 Å². The number of nitrogens with zero attached hydrogens (tertiary/aromatic N) is 5. The number of piperidine rings is 1. The van der Waals surface area contributed by atoms with E-state index in [0.717, 1.165) is 18.4 Å². The third-order valence-corrected chi connectivity index (χ3v) is 7.28. The summed E-state index contributed by atoms with van der Waals surface area (Å²) in [7, 11) is 0. The molecule has 4 heterocycles. The first kappa shape index (κ1) is 25.4. The molecule has 3 N–H and O–H groups in total. The summed E-state index contributed by atoms with van der Waals surface area (Å²) >= 11 is 5.99. The Kier molecular flexibility index (Phi) is 6.86. The highest BCUT2D eigenvalue weighted by atomic mass is 35.5. The summed E-state index contributed by atoms with van der Waals surface area (Å²) in [5.41, 5.74) is 8.84. The van der Waals surface area contributed by atoms with Crippen LogP contribution in [0.1, 0.15) is 48.9 Å². The number of hydrogen-bond acceptors (Lipinski definition) is 6. The fourth-order valence-electron chi connectivity index (χ4n) is 5.13. The summed E-state index contributed by atoms with van der Waals surface area (Å²) in [6, 6.07) is 10.1. The van der Waals surface area contributed by atoms with Crippen molar-refractivity contribution in [2.75, 3.05) is 11.1 Å². The van der Waals surface area contributed by atoms with Crippen molar-refractivity contribution in [2.24, 2.45) is 5.92 Å². The Morgan fingerprint density at radius 1 is 1.13 bits per heavy atom. The lowest BCUT2D eigenvalue weighted by Crippen LogP contribution is -2.47. The number of fused-ring (bicyclic) bond motifs is 1. The second kappa shape index (κ2) is 10.3. The Morgan fingerprint density at radius 2 is 1.89 bits per heavy atom. The number of anilines is 2. The van der Waals surface area contributed by atoms with Gasteiger partial charge < -0.3 is 16.0 Å². The molecule has 4 aromatic rings. The number of imidazole rings is 1. The van der Waals surface area contributed by atoms with E-state index >= 15 is 0 Å². The van der Waals surface area contributed by atoms with Gasteiger partial charge in [0.1, 0.15) is 28.7 Å². The van der Waals surface area contributed by atoms with Crippen LogP contribution < -0.4 is 11.1 Å². The third kappa shape index (κ3) is 4.61. The number of rotatable bonds is 5. The number of hydrogen-bond donors (Lipinski definition) is 2. The zero-order valence-electron chi connectivity index (χ0n) is 21.1. The molecule has 0 spiro atoms. The maximum Gasteiger partial charge on any atom is 0.256 e. The summed E-state index contributed by atoms with van der Waals surface area (Å²) in [4.78, 5) is 41.0. The average Bonchev–Trinajstić information content (AvgIpc) is 3.30. The quantitative estimate of drug-likeness (QED) is 0.345. The minimum atomic E-state index is -0.313. The lowest BCUT2D eigenvalue weighted by atomic mass is 9.86. The predicted molar refractivity (Wildman–Crippen MR) is 148 cm³/mol. The number of aromatic nitrogens is 4. The van der Waals surface area contributed by atoms with E-state index in [-0.39, 0.29) is 29.8 Å². The van der Waals surface area contributed by atoms with Crippen molar-refractivity contribution in [2.45, 2.75) is 38.8 Å². The molecule has 0 aliphatic carbocycles. The molecule has 0 radical (unpaired) electrons. The molecule has 1 fully saturated rings. The Balaban J connectivity index is 1.54. The topological polar surface area (TPSA) is 119 Å². The van der Waals surface area contributed by atoms with Gasteiger partial charge in [-0.05, 0) is 56.0 Å². The van der Waals surface area contributed by atoms with Gasteiger partial charge in [-0.25, -0.2) is 15.0 Å². The minimum absolute atomic E-state index is 0.0449. The van der Waals surface area contributed by atoms with Crippen LogP contribution >= 0.6 is 11.6 Å². The number of nitrogen functional groups attached to an aromatic ring is 1. The SMILES string of the molecule is C=CC(=O)N1[C@H](c2nc(-c3ccc(C(=O)Nc4cc(Cl)ccn4)cc3)c3c(N)nccn23)[C@H](C)CC[C@@H]1C. The molecule has 9 nitrogen and oxygen atoms in total. The molecular formula is C28H28ClN7O2. The largest absolute Gasteiger partial charge is 0.382 e. The molecule has 3 aromatic heterocycles. The van der Waals surface area contributed by atoms with Crippen LogP contribution in [0.25, 0.3) is 16.8 Å². The molecule has 0 unspecified atom stereocenters. The number of nitrogens with one attached hydrogen (secondary N) is 1. The van der Waals surface area contributed by atoms with Crippen LogP contribution in [0.2, 0.25) is 5.02 Å². The van der Waals surface area contributed by atoms with Gasteiger partial charge in [-0.3, -0.25) is 14.0 Å². The van der Waals surface area contributed by atoms with Crippen LogP contribution in [0.5, 0.6) is 0 Å². The van der Waals surface area contributed by atoms with Crippen molar-refractivity contribution >= 4 is 40.6 Å². The fraction of sp³-hybridized carbons (Fsp3) is 0.250. The van der Waals surface area contributed by atoms with Gasteiger partial charge in [-0.1, -0.05) is 37.2 Å². The van der Waals surface area contributed by atoms with Crippen LogP contribution in [0, 0.1) is 5.92 Å². The van der Waals surface area contributed by atoms with Crippen molar-refractivity contribution in [1.29, 1.82) is 0 Å². The third-order valence-electron chi connectivity index (χ3n) is 7.04. The second-order valence-electron chi connectivity index (χ2n) is 9.54. The molecule has 38 heavy (non-hydrogen) atoms. The normalized spacial score (nSPS) is 19.3. The number of likely N-dealkylation sites (tertiary alicyclic amines) is 1. The Hall–Kier alpha value is -4.24. The molecule has 0 bridgehead atoms. The minimum Gasteiger partial charge on any atom is -0.382 e. The van der Waals surface area contributed by atoms with Gasteiger partial charge in [0.15, 0.2) is 0 Å². The van der Waals surface area contributed by atoms with Gasteiger partial charge in [0.25, 0.3) is 5.91 Å². The van der Waals surface area contributed by atoms with E-state index in [2.05, 4.69) is 35.7 Å². The first-order chi connectivity index (χ1) is 18.3. The van der Waals surface area contributed by atoms with Gasteiger partial charge in [-0.15, -0.1) is 0 Å². The Bertz CT molecular complexity index is 1530. The van der Waals surface area contributed by atoms with Gasteiger partial charge >= 0.3 is 0 Å². The summed E-state index contributed by atoms with van der Waals surface area (Å²) in [5.74, 6) is 1.14. The highest BCUT2D eigenvalue weighted by molar-refractivity contribution is 6.30. The van der Waals surface area contributed by atoms with Crippen molar-refractivity contribution in [3.8, 4) is 11.3 Å². The number of pyridine rings is 1. The number of benzene rings is 1. The van der Waals surface area contributed by atoms with E-state index in [4.69, 9.17) is 22.3 Å². The van der Waals surface area contributed by atoms with Gasteiger partial charge in [-0.2, -0.15) is 0 Å². The lowest BCUT2D eigenvalue weighted by Gasteiger charge is -2.43. The Labute approximate surface area is 225 Å². The smallest absolute Gasteiger partial charge is 0.256 e. The molecule has 0 saturated carbocycles. The molecule has 2 amide bonds. The van der Waals surface area contributed by atoms with Crippen molar-refractivity contribution in [1.82, 2.24) is 24.3 Å². The van der Waals surface area contributed by atoms with Crippen LogP contribution in [0.4, 0.5) is 11.6 Å². The highest BCUT2D eigenvalue weighted by Crippen LogP contribution is 2.41. The lowest BCUT2D eigenvalue weighted by molar-refractivity contribution is -0.134. The zero-order chi connectivity index (χ0) is 27.0. The summed E-state index contributed by atoms with van der Waals surface area (Å²) in [6.07, 6.45) is 8.20. The van der Waals surface area contributed by atoms with Crippen LogP contribution in [-0.2, 0) is 4.79 Å². The molecule has 1 saturated heterocycles. The number of carbonyl (C=O) groups excluding carboxylic acids is 2. The maximum absolute atomic E-state index is 12.9. The monoisotopic (exact) mass is 529 g/mol. The summed E-state index contributed by atoms with van der Waals surface area (Å²) in [5, 5.41) is 3.23. The van der Waals surface area contributed by atoms with E-state index in [9.17, 15) is 9.59 Å². The van der Waals surface area contributed by atoms with E-state index in [0.29, 0.717) is 39.3 Å². The van der Waals surface area contributed by atoms with Crippen LogP contribution in [0.15, 0.2) is 67.6 Å². The Morgan fingerprint density at radius 3 is 2.61 bits per heavy atom. The molecule has 194 valence electrons. The van der Waals surface area contributed by atoms with Crippen molar-refractivity contribution in [3.05, 3.63) is 84.1 Å². The van der Waals surface area contributed by atoms with Crippen molar-refractivity contribution in [3.63, 3.8) is 0 Å². The summed E-state index contributed by atoms with van der Waals surface area (Å²) in [6.45, 7) is 7.90. The molecular weight excluding hydrogens is 502 g/mol. The number of halogens is 1. The maximum atomic E-state index is 12.9. The molecule has 1 aliphatic rings.